The first-order valence-corrected chi connectivity index (χ1v) is 13.2. The van der Waals surface area contributed by atoms with Crippen molar-refractivity contribution in [1.82, 2.24) is 9.97 Å². The Labute approximate surface area is 217 Å². The molecule has 3 heteroatoms. The van der Waals surface area contributed by atoms with Crippen molar-refractivity contribution in [2.24, 2.45) is 0 Å². The van der Waals surface area contributed by atoms with Crippen molar-refractivity contribution in [1.29, 1.82) is 0 Å². The van der Waals surface area contributed by atoms with Gasteiger partial charge in [0.25, 0.3) is 0 Å². The number of rotatable bonds is 2. The van der Waals surface area contributed by atoms with Gasteiger partial charge in [-0.3, -0.25) is 4.98 Å². The lowest BCUT2D eigenvalue weighted by Crippen LogP contribution is -1.92. The molecule has 8 rings (SSSR count). The topological polar surface area (TPSA) is 25.8 Å². The number of aromatic nitrogens is 2. The van der Waals surface area contributed by atoms with Crippen molar-refractivity contribution < 1.29 is 0 Å². The molecule has 0 radical (unpaired) electrons. The van der Waals surface area contributed by atoms with E-state index in [1.807, 2.05) is 23.6 Å². The molecule has 0 N–H and O–H groups in total. The summed E-state index contributed by atoms with van der Waals surface area (Å²) in [5.41, 5.74) is 5.14. The molecular weight excluding hydrogens is 468 g/mol. The van der Waals surface area contributed by atoms with Gasteiger partial charge in [0, 0.05) is 48.3 Å². The third kappa shape index (κ3) is 3.11. The van der Waals surface area contributed by atoms with Crippen LogP contribution in [-0.2, 0) is 0 Å². The maximum atomic E-state index is 5.02. The van der Waals surface area contributed by atoms with Gasteiger partial charge in [-0.2, -0.15) is 0 Å². The fourth-order valence-electron chi connectivity index (χ4n) is 5.59. The summed E-state index contributed by atoms with van der Waals surface area (Å²) in [6.45, 7) is 0. The minimum atomic E-state index is 0.889. The molecule has 172 valence electrons. The summed E-state index contributed by atoms with van der Waals surface area (Å²) in [7, 11) is 0. The van der Waals surface area contributed by atoms with Gasteiger partial charge in [0.15, 0.2) is 0 Å². The summed E-state index contributed by atoms with van der Waals surface area (Å²) in [5, 5.41) is 8.74. The number of pyridine rings is 2. The maximum Gasteiger partial charge on any atom is 0.0972 e. The number of hydrogen-bond donors (Lipinski definition) is 0. The van der Waals surface area contributed by atoms with Crippen molar-refractivity contribution in [2.45, 2.75) is 0 Å². The zero-order valence-corrected chi connectivity index (χ0v) is 20.7. The Morgan fingerprint density at radius 3 is 2.16 bits per heavy atom. The molecule has 8 aromatic rings. The van der Waals surface area contributed by atoms with Gasteiger partial charge in [-0.15, -0.1) is 11.3 Å². The Morgan fingerprint density at radius 2 is 1.30 bits per heavy atom. The Hall–Kier alpha value is -4.60. The van der Waals surface area contributed by atoms with Gasteiger partial charge in [0.2, 0.25) is 0 Å². The number of thiophene rings is 1. The van der Waals surface area contributed by atoms with E-state index in [0.717, 1.165) is 27.9 Å². The Morgan fingerprint density at radius 1 is 0.541 bits per heavy atom. The largest absolute Gasteiger partial charge is 0.254 e. The van der Waals surface area contributed by atoms with Gasteiger partial charge in [-0.05, 0) is 34.4 Å². The fraction of sp³-hybridized carbons (Fsp3) is 0. The summed E-state index contributed by atoms with van der Waals surface area (Å²) >= 11 is 1.86. The van der Waals surface area contributed by atoms with E-state index in [2.05, 4.69) is 109 Å². The Bertz CT molecular complexity index is 2140. The van der Waals surface area contributed by atoms with Crippen molar-refractivity contribution in [3.05, 3.63) is 121 Å². The van der Waals surface area contributed by atoms with Gasteiger partial charge in [-0.1, -0.05) is 97.1 Å². The third-order valence-corrected chi connectivity index (χ3v) is 8.52. The second kappa shape index (κ2) is 7.95. The fourth-order valence-corrected chi connectivity index (χ4v) is 6.84. The van der Waals surface area contributed by atoms with Crippen LogP contribution in [-0.4, -0.2) is 9.97 Å². The summed E-state index contributed by atoms with van der Waals surface area (Å²) in [6.07, 6.45) is 2.00. The molecule has 0 fully saturated rings. The molecule has 0 saturated heterocycles. The van der Waals surface area contributed by atoms with Gasteiger partial charge in [-0.25, -0.2) is 4.98 Å². The molecule has 0 saturated carbocycles. The van der Waals surface area contributed by atoms with Gasteiger partial charge >= 0.3 is 0 Å². The molecule has 0 spiro atoms. The van der Waals surface area contributed by atoms with E-state index in [1.54, 1.807) is 0 Å². The number of nitrogens with zero attached hydrogens (tertiary/aromatic N) is 2. The first kappa shape index (κ1) is 20.6. The highest BCUT2D eigenvalue weighted by molar-refractivity contribution is 7.26. The monoisotopic (exact) mass is 488 g/mol. The first-order valence-electron chi connectivity index (χ1n) is 12.4. The minimum Gasteiger partial charge on any atom is -0.254 e. The summed E-state index contributed by atoms with van der Waals surface area (Å²) in [4.78, 5) is 9.96. The van der Waals surface area contributed by atoms with E-state index in [0.29, 0.717) is 0 Å². The molecular formula is C34H20N2S. The molecule has 0 unspecified atom stereocenters. The predicted molar refractivity (Wildman–Crippen MR) is 158 cm³/mol. The highest BCUT2D eigenvalue weighted by Gasteiger charge is 2.14. The van der Waals surface area contributed by atoms with Crippen LogP contribution in [0.3, 0.4) is 0 Å². The van der Waals surface area contributed by atoms with E-state index >= 15 is 0 Å². The molecule has 0 bridgehead atoms. The van der Waals surface area contributed by atoms with Crippen LogP contribution in [0.15, 0.2) is 121 Å². The molecule has 0 amide bonds. The molecule has 37 heavy (non-hydrogen) atoms. The first-order chi connectivity index (χ1) is 18.3. The van der Waals surface area contributed by atoms with Gasteiger partial charge < -0.3 is 0 Å². The average molecular weight is 489 g/mol. The van der Waals surface area contributed by atoms with E-state index in [-0.39, 0.29) is 0 Å². The zero-order valence-electron chi connectivity index (χ0n) is 19.8. The highest BCUT2D eigenvalue weighted by Crippen LogP contribution is 2.43. The number of benzene rings is 5. The number of para-hydroxylation sites is 1. The standard InChI is InChI=1S/C34H20N2S/c1-2-9-23-21(8-1)17-19-31-32(23)28-14-7-13-24(34(28)37-31)22-16-18-30(35-20-22)33-27-12-4-3-10-25(27)26-11-5-6-15-29(26)36-33/h1-20H. The van der Waals surface area contributed by atoms with Crippen molar-refractivity contribution in [2.75, 3.05) is 0 Å². The van der Waals surface area contributed by atoms with Crippen LogP contribution in [0.4, 0.5) is 0 Å². The van der Waals surface area contributed by atoms with Crippen LogP contribution < -0.4 is 0 Å². The van der Waals surface area contributed by atoms with Crippen LogP contribution in [0.2, 0.25) is 0 Å². The van der Waals surface area contributed by atoms with Crippen molar-refractivity contribution in [3.8, 4) is 22.5 Å². The van der Waals surface area contributed by atoms with E-state index in [4.69, 9.17) is 9.97 Å². The molecule has 2 nitrogen and oxygen atoms in total. The van der Waals surface area contributed by atoms with Crippen LogP contribution in [0.25, 0.3) is 75.1 Å². The van der Waals surface area contributed by atoms with Crippen LogP contribution in [0, 0.1) is 0 Å². The highest BCUT2D eigenvalue weighted by atomic mass is 32.1. The van der Waals surface area contributed by atoms with Gasteiger partial charge in [0.05, 0.1) is 16.9 Å². The van der Waals surface area contributed by atoms with Crippen molar-refractivity contribution >= 4 is 64.0 Å². The van der Waals surface area contributed by atoms with E-state index in [9.17, 15) is 0 Å². The molecule has 5 aromatic carbocycles. The molecule has 0 atom stereocenters. The summed E-state index contributed by atoms with van der Waals surface area (Å²) < 4.78 is 2.62. The average Bonchev–Trinajstić information content (AvgIpc) is 3.36. The number of fused-ring (bicyclic) bond motifs is 8. The SMILES string of the molecule is c1ccc2c(c1)ccc1sc3c(-c4ccc(-c5nc6ccccc6c6ccccc56)nc4)cccc3c12. The Kier molecular flexibility index (Phi) is 4.42. The van der Waals surface area contributed by atoms with E-state index in [1.165, 1.54) is 47.3 Å². The molecule has 0 aliphatic carbocycles. The lowest BCUT2D eigenvalue weighted by Gasteiger charge is -2.10. The van der Waals surface area contributed by atoms with Crippen LogP contribution in [0.1, 0.15) is 0 Å². The maximum absolute atomic E-state index is 5.02. The summed E-state index contributed by atoms with van der Waals surface area (Å²) in [6, 6.07) is 40.8. The van der Waals surface area contributed by atoms with E-state index < -0.39 is 0 Å². The Balaban J connectivity index is 1.31. The van der Waals surface area contributed by atoms with Gasteiger partial charge in [0.1, 0.15) is 0 Å². The lowest BCUT2D eigenvalue weighted by molar-refractivity contribution is 1.29. The van der Waals surface area contributed by atoms with Crippen LogP contribution in [0.5, 0.6) is 0 Å². The van der Waals surface area contributed by atoms with Crippen molar-refractivity contribution in [3.63, 3.8) is 0 Å². The second-order valence-electron chi connectivity index (χ2n) is 9.40. The second-order valence-corrected chi connectivity index (χ2v) is 10.5. The predicted octanol–water partition coefficient (Wildman–Crippen LogP) is 9.64. The third-order valence-electron chi connectivity index (χ3n) is 7.31. The molecule has 3 aromatic heterocycles. The summed E-state index contributed by atoms with van der Waals surface area (Å²) in [5.74, 6) is 0. The zero-order chi connectivity index (χ0) is 24.3. The quantitative estimate of drug-likeness (QED) is 0.226. The number of hydrogen-bond acceptors (Lipinski definition) is 3. The molecule has 0 aliphatic heterocycles. The molecule has 3 heterocycles. The normalized spacial score (nSPS) is 11.8. The minimum absolute atomic E-state index is 0.889. The van der Waals surface area contributed by atoms with Crippen LogP contribution >= 0.6 is 11.3 Å². The smallest absolute Gasteiger partial charge is 0.0972 e. The lowest BCUT2D eigenvalue weighted by atomic mass is 10.00. The molecule has 0 aliphatic rings.